The van der Waals surface area contributed by atoms with E-state index in [2.05, 4.69) is 10.6 Å². The normalized spacial score (nSPS) is 10.6. The molecule has 2 amide bonds. The van der Waals surface area contributed by atoms with Crippen molar-refractivity contribution < 1.29 is 95.3 Å². The first-order valence-corrected chi connectivity index (χ1v) is 19.4. The van der Waals surface area contributed by atoms with E-state index in [9.17, 15) is 47.9 Å². The van der Waals surface area contributed by atoms with Crippen molar-refractivity contribution in [3.8, 4) is 0 Å². The summed E-state index contributed by atoms with van der Waals surface area (Å²) in [6.45, 7) is 3.27. The summed E-state index contributed by atoms with van der Waals surface area (Å²) in [7, 11) is 1.40. The molecule has 0 bridgehead atoms. The van der Waals surface area contributed by atoms with Gasteiger partial charge in [-0.25, -0.2) is 28.8 Å². The number of Topliss-reactive ketones (excluding diaryl/α,β-unsaturated/α-hetero) is 1. The Hall–Kier alpha value is -5.40. The zero-order valence-electron chi connectivity index (χ0n) is 35.3. The third kappa shape index (κ3) is 38.6. The standard InChI is InChI=1S/C36H59BN4O20/c1-27(42)21-40(9-17-54-28(2)43)11-19-58-33(48)25-52-23-31(46)56-13-4-7-38-35(50)60-15-6-16-61-36(51)39-8-5-14-57-32(47)24-53-26-34(49)59-20-12-41(22-30(37)45)10-18-55-29(3)44/h4-26,37H2,1-3H3,(H,38,50)(H,39,51). The minimum Gasteiger partial charge on any atom is -0.465 e. The van der Waals surface area contributed by atoms with Gasteiger partial charge in [-0.3, -0.25) is 24.2 Å². The van der Waals surface area contributed by atoms with Gasteiger partial charge in [0.1, 0.15) is 58.6 Å². The van der Waals surface area contributed by atoms with Gasteiger partial charge in [0.05, 0.1) is 38.7 Å². The highest BCUT2D eigenvalue weighted by Gasteiger charge is 2.14. The highest BCUT2D eigenvalue weighted by atomic mass is 16.6. The van der Waals surface area contributed by atoms with Crippen molar-refractivity contribution >= 4 is 67.3 Å². The van der Waals surface area contributed by atoms with Crippen molar-refractivity contribution in [2.75, 3.05) is 132 Å². The number of hydrogen-bond donors (Lipinski definition) is 2. The molecule has 2 N–H and O–H groups in total. The summed E-state index contributed by atoms with van der Waals surface area (Å²) in [4.78, 5) is 119. The Morgan fingerprint density at radius 2 is 0.754 bits per heavy atom. The van der Waals surface area contributed by atoms with Gasteiger partial charge in [-0.05, 0) is 19.8 Å². The molecule has 0 fully saturated rings. The molecule has 24 nitrogen and oxygen atoms in total. The van der Waals surface area contributed by atoms with E-state index in [-0.39, 0.29) is 136 Å². The molecule has 0 aliphatic heterocycles. The molecule has 346 valence electrons. The van der Waals surface area contributed by atoms with E-state index in [1.54, 1.807) is 9.80 Å². The lowest BCUT2D eigenvalue weighted by atomic mass is 10.0. The van der Waals surface area contributed by atoms with Crippen LogP contribution in [0.25, 0.3) is 0 Å². The van der Waals surface area contributed by atoms with Crippen molar-refractivity contribution in [1.82, 2.24) is 20.4 Å². The van der Waals surface area contributed by atoms with Crippen molar-refractivity contribution in [3.05, 3.63) is 0 Å². The molecule has 61 heavy (non-hydrogen) atoms. The maximum absolute atomic E-state index is 11.8. The highest BCUT2D eigenvalue weighted by molar-refractivity contribution is 6.58. The number of hydrogen-bond acceptors (Lipinski definition) is 22. The maximum Gasteiger partial charge on any atom is 0.407 e. The second-order valence-corrected chi connectivity index (χ2v) is 12.7. The van der Waals surface area contributed by atoms with Crippen LogP contribution in [0.3, 0.4) is 0 Å². The van der Waals surface area contributed by atoms with Crippen LogP contribution in [0.5, 0.6) is 0 Å². The lowest BCUT2D eigenvalue weighted by Gasteiger charge is -2.20. The number of amides is 2. The minimum atomic E-state index is -0.735. The Labute approximate surface area is 354 Å². The summed E-state index contributed by atoms with van der Waals surface area (Å²) < 4.78 is 49.6. The number of nitrogens with one attached hydrogen (secondary N) is 2. The zero-order valence-corrected chi connectivity index (χ0v) is 35.3. The largest absolute Gasteiger partial charge is 0.465 e. The predicted octanol–water partition coefficient (Wildman–Crippen LogP) is -2.71. The third-order valence-corrected chi connectivity index (χ3v) is 7.00. The van der Waals surface area contributed by atoms with E-state index in [0.717, 1.165) is 0 Å². The zero-order chi connectivity index (χ0) is 45.7. The first kappa shape index (κ1) is 55.6. The van der Waals surface area contributed by atoms with Crippen molar-refractivity contribution in [3.63, 3.8) is 0 Å². The number of nitrogens with zero attached hydrogens (tertiary/aromatic N) is 2. The molecule has 0 heterocycles. The monoisotopic (exact) mass is 878 g/mol. The molecule has 0 radical (unpaired) electrons. The van der Waals surface area contributed by atoms with E-state index >= 15 is 0 Å². The summed E-state index contributed by atoms with van der Waals surface area (Å²) >= 11 is 0. The predicted molar refractivity (Wildman–Crippen MR) is 208 cm³/mol. The van der Waals surface area contributed by atoms with Gasteiger partial charge in [-0.15, -0.1) is 0 Å². The van der Waals surface area contributed by atoms with Crippen LogP contribution in [0, 0.1) is 0 Å². The first-order chi connectivity index (χ1) is 29.1. The molecule has 0 atom stereocenters. The van der Waals surface area contributed by atoms with Gasteiger partial charge in [-0.1, -0.05) is 0 Å². The molecule has 25 heteroatoms. The van der Waals surface area contributed by atoms with E-state index < -0.39 is 74.4 Å². The van der Waals surface area contributed by atoms with Crippen LogP contribution in [0.15, 0.2) is 0 Å². The third-order valence-electron chi connectivity index (χ3n) is 7.00. The van der Waals surface area contributed by atoms with Crippen LogP contribution in [0.2, 0.25) is 0 Å². The fraction of sp³-hybridized carbons (Fsp3) is 0.722. The van der Waals surface area contributed by atoms with Crippen molar-refractivity contribution in [2.45, 2.75) is 40.0 Å². The Balaban J connectivity index is 3.79. The molecule has 0 aliphatic rings. The Morgan fingerprint density at radius 3 is 1.10 bits per heavy atom. The molecular weight excluding hydrogens is 819 g/mol. The summed E-state index contributed by atoms with van der Waals surface area (Å²) in [6.07, 6.45) is -0.726. The topological polar surface area (TPSA) is 294 Å². The SMILES string of the molecule is BC(=O)CN(CCOC(C)=O)CCOC(=O)COCC(=O)OCCCNC(=O)OCCCOC(=O)NCCCOC(=O)COCC(=O)OCCN(CCOC(C)=O)CC(C)=O. The second kappa shape index (κ2) is 36.5. The van der Waals surface area contributed by atoms with Crippen LogP contribution in [0.4, 0.5) is 9.59 Å². The van der Waals surface area contributed by atoms with E-state index in [1.165, 1.54) is 28.6 Å². The number of rotatable bonds is 36. The second-order valence-electron chi connectivity index (χ2n) is 12.7. The van der Waals surface area contributed by atoms with Gasteiger partial charge in [-0.2, -0.15) is 0 Å². The number of carbonyl (C=O) groups is 10. The highest BCUT2D eigenvalue weighted by Crippen LogP contribution is 1.96. The van der Waals surface area contributed by atoms with Crippen LogP contribution < -0.4 is 10.6 Å². The number of ketones is 1. The fourth-order valence-electron chi connectivity index (χ4n) is 4.37. The molecule has 0 unspecified atom stereocenters. The number of esters is 6. The number of alkyl carbamates (subject to hydrolysis) is 2. The first-order valence-electron chi connectivity index (χ1n) is 19.4. The van der Waals surface area contributed by atoms with E-state index in [1.807, 2.05) is 0 Å². The van der Waals surface area contributed by atoms with Gasteiger partial charge in [0, 0.05) is 66.1 Å². The minimum absolute atomic E-state index is 0.0419. The molecule has 0 aliphatic carbocycles. The molecule has 0 aromatic rings. The molecule has 0 rings (SSSR count). The van der Waals surface area contributed by atoms with Gasteiger partial charge < -0.3 is 62.8 Å². The molecule has 0 spiro atoms. The Morgan fingerprint density at radius 1 is 0.426 bits per heavy atom. The van der Waals surface area contributed by atoms with Crippen molar-refractivity contribution in [2.24, 2.45) is 0 Å². The number of carbonyl (C=O) groups excluding carboxylic acids is 10. The number of ether oxygens (including phenoxy) is 10. The molecule has 0 aromatic heterocycles. The lowest BCUT2D eigenvalue weighted by molar-refractivity contribution is -0.157. The fourth-order valence-corrected chi connectivity index (χ4v) is 4.37. The molecule has 0 saturated heterocycles. The van der Waals surface area contributed by atoms with Crippen LogP contribution in [-0.4, -0.2) is 209 Å². The van der Waals surface area contributed by atoms with Gasteiger partial charge in [0.2, 0.25) is 0 Å². The summed E-state index contributed by atoms with van der Waals surface area (Å²) in [5, 5.41) is 4.92. The van der Waals surface area contributed by atoms with E-state index in [0.29, 0.717) is 0 Å². The van der Waals surface area contributed by atoms with Gasteiger partial charge in [0.15, 0.2) is 7.85 Å². The van der Waals surface area contributed by atoms with Crippen molar-refractivity contribution in [1.29, 1.82) is 0 Å². The summed E-state index contributed by atoms with van der Waals surface area (Å²) in [6, 6.07) is 0. The van der Waals surface area contributed by atoms with Crippen LogP contribution >= 0.6 is 0 Å². The van der Waals surface area contributed by atoms with E-state index in [4.69, 9.17) is 47.4 Å². The maximum atomic E-state index is 11.8. The van der Waals surface area contributed by atoms with Gasteiger partial charge in [0.25, 0.3) is 0 Å². The van der Waals surface area contributed by atoms with Crippen LogP contribution in [-0.2, 0) is 85.7 Å². The molecular formula is C36H59BN4O20. The Bertz CT molecular complexity index is 1290. The Kier molecular flexibility index (Phi) is 33.2. The molecule has 0 saturated carbocycles. The summed E-state index contributed by atoms with van der Waals surface area (Å²) in [5.41, 5.74) is -0.112. The average Bonchev–Trinajstić information content (AvgIpc) is 3.16. The van der Waals surface area contributed by atoms with Crippen LogP contribution in [0.1, 0.15) is 40.0 Å². The molecule has 0 aromatic carbocycles. The smallest absolute Gasteiger partial charge is 0.407 e. The summed E-state index contributed by atoms with van der Waals surface area (Å²) in [5.74, 6) is -3.94. The van der Waals surface area contributed by atoms with Gasteiger partial charge >= 0.3 is 48.0 Å². The quantitative estimate of drug-likeness (QED) is 0.0280. The lowest BCUT2D eigenvalue weighted by Crippen LogP contribution is -2.36. The average molecular weight is 879 g/mol.